The fourth-order valence-electron chi connectivity index (χ4n) is 3.32. The highest BCUT2D eigenvalue weighted by Gasteiger charge is 2.12. The van der Waals surface area contributed by atoms with Crippen molar-refractivity contribution in [1.29, 1.82) is 0 Å². The molecule has 0 amide bonds. The van der Waals surface area contributed by atoms with E-state index in [1.165, 1.54) is 63.4 Å². The average Bonchev–Trinajstić information content (AvgIpc) is 3.01. The van der Waals surface area contributed by atoms with Crippen LogP contribution in [0.15, 0.2) is 6.07 Å². The van der Waals surface area contributed by atoms with Crippen LogP contribution in [0.25, 0.3) is 11.0 Å². The minimum Gasteiger partial charge on any atom is -0.398 e. The molecular formula is C19H32N4. The number of anilines is 1. The fraction of sp³-hybridized carbons (Fsp3) is 0.684. The fourth-order valence-corrected chi connectivity index (χ4v) is 3.32. The number of fused-ring (bicyclic) bond motifs is 1. The van der Waals surface area contributed by atoms with E-state index in [1.807, 2.05) is 0 Å². The number of rotatable bonds is 11. The van der Waals surface area contributed by atoms with Crippen LogP contribution in [0.2, 0.25) is 0 Å². The van der Waals surface area contributed by atoms with Crippen molar-refractivity contribution in [3.63, 3.8) is 0 Å². The summed E-state index contributed by atoms with van der Waals surface area (Å²) < 4.78 is 0. The van der Waals surface area contributed by atoms with E-state index in [2.05, 4.69) is 35.3 Å². The Bertz CT molecular complexity index is 588. The summed E-state index contributed by atoms with van der Waals surface area (Å²) in [4.78, 5) is 0. The Hall–Kier alpha value is -1.58. The molecule has 2 rings (SSSR count). The predicted molar refractivity (Wildman–Crippen MR) is 98.6 cm³/mol. The van der Waals surface area contributed by atoms with E-state index in [0.29, 0.717) is 0 Å². The lowest BCUT2D eigenvalue weighted by Crippen LogP contribution is -2.01. The maximum absolute atomic E-state index is 6.35. The third-order valence-corrected chi connectivity index (χ3v) is 4.75. The van der Waals surface area contributed by atoms with Crippen LogP contribution in [0, 0.1) is 0 Å². The molecule has 1 heterocycles. The Kier molecular flexibility index (Phi) is 7.37. The molecule has 4 nitrogen and oxygen atoms in total. The molecule has 0 saturated carbocycles. The van der Waals surface area contributed by atoms with E-state index in [9.17, 15) is 0 Å². The number of unbranched alkanes of at least 4 members (excludes halogenated alkanes) is 8. The standard InChI is InChI=1S/C19H32N4/c1-3-5-6-7-8-9-10-11-12-13-15-14-17-19(22-23-21-17)16(4-2)18(15)20/h14H,3-13,20H2,1-2H3,(H,21,22,23). The van der Waals surface area contributed by atoms with Crippen molar-refractivity contribution in [2.45, 2.75) is 84.5 Å². The van der Waals surface area contributed by atoms with Crippen LogP contribution in [-0.2, 0) is 12.8 Å². The number of nitrogens with one attached hydrogen (secondary N) is 1. The normalized spacial score (nSPS) is 11.4. The van der Waals surface area contributed by atoms with E-state index >= 15 is 0 Å². The Morgan fingerprint density at radius 2 is 1.57 bits per heavy atom. The zero-order chi connectivity index (χ0) is 16.5. The van der Waals surface area contributed by atoms with E-state index in [-0.39, 0.29) is 0 Å². The summed E-state index contributed by atoms with van der Waals surface area (Å²) in [5.41, 5.74) is 11.5. The molecule has 0 aliphatic heterocycles. The van der Waals surface area contributed by atoms with Gasteiger partial charge in [0, 0.05) is 11.3 Å². The van der Waals surface area contributed by atoms with Gasteiger partial charge in [-0.3, -0.25) is 0 Å². The summed E-state index contributed by atoms with van der Waals surface area (Å²) >= 11 is 0. The van der Waals surface area contributed by atoms with Gasteiger partial charge in [0.25, 0.3) is 0 Å². The quantitative estimate of drug-likeness (QED) is 0.443. The number of benzene rings is 1. The van der Waals surface area contributed by atoms with E-state index in [1.54, 1.807) is 0 Å². The molecule has 0 saturated heterocycles. The monoisotopic (exact) mass is 316 g/mol. The highest BCUT2D eigenvalue weighted by molar-refractivity contribution is 5.84. The second-order valence-electron chi connectivity index (χ2n) is 6.55. The zero-order valence-corrected chi connectivity index (χ0v) is 14.8. The molecule has 2 aromatic rings. The molecule has 4 heteroatoms. The molecule has 0 atom stereocenters. The van der Waals surface area contributed by atoms with Gasteiger partial charge in [-0.15, -0.1) is 0 Å². The van der Waals surface area contributed by atoms with Crippen LogP contribution in [-0.4, -0.2) is 15.4 Å². The van der Waals surface area contributed by atoms with Crippen molar-refractivity contribution in [3.8, 4) is 0 Å². The summed E-state index contributed by atoms with van der Waals surface area (Å²) in [6.07, 6.45) is 14.1. The molecule has 23 heavy (non-hydrogen) atoms. The number of aryl methyl sites for hydroxylation is 2. The van der Waals surface area contributed by atoms with Crippen molar-refractivity contribution in [2.75, 3.05) is 5.73 Å². The Labute approximate surface area is 140 Å². The molecule has 128 valence electrons. The summed E-state index contributed by atoms with van der Waals surface area (Å²) in [6, 6.07) is 2.11. The minimum atomic E-state index is 0.903. The summed E-state index contributed by atoms with van der Waals surface area (Å²) in [7, 11) is 0. The first-order valence-electron chi connectivity index (χ1n) is 9.38. The molecule has 0 unspecified atom stereocenters. The first-order valence-corrected chi connectivity index (χ1v) is 9.38. The molecule has 0 aliphatic carbocycles. The molecule has 0 radical (unpaired) electrons. The van der Waals surface area contributed by atoms with Crippen molar-refractivity contribution < 1.29 is 0 Å². The SMILES string of the molecule is CCCCCCCCCCCc1cc2n[nH]nc2c(CC)c1N. The molecule has 1 aromatic carbocycles. The van der Waals surface area contributed by atoms with Crippen molar-refractivity contribution >= 4 is 16.7 Å². The van der Waals surface area contributed by atoms with Crippen molar-refractivity contribution in [3.05, 3.63) is 17.2 Å². The van der Waals surface area contributed by atoms with Gasteiger partial charge >= 0.3 is 0 Å². The van der Waals surface area contributed by atoms with Gasteiger partial charge in [-0.2, -0.15) is 15.4 Å². The lowest BCUT2D eigenvalue weighted by Gasteiger charge is -2.10. The summed E-state index contributed by atoms with van der Waals surface area (Å²) in [6.45, 7) is 4.40. The number of nitrogens with two attached hydrogens (primary N) is 1. The third-order valence-electron chi connectivity index (χ3n) is 4.75. The van der Waals surface area contributed by atoms with E-state index < -0.39 is 0 Å². The van der Waals surface area contributed by atoms with Gasteiger partial charge in [0.1, 0.15) is 11.0 Å². The lowest BCUT2D eigenvalue weighted by atomic mass is 9.98. The summed E-state index contributed by atoms with van der Waals surface area (Å²) in [5.74, 6) is 0. The van der Waals surface area contributed by atoms with Crippen LogP contribution < -0.4 is 5.73 Å². The molecule has 0 fully saturated rings. The first-order chi connectivity index (χ1) is 11.3. The number of hydrogen-bond donors (Lipinski definition) is 2. The number of nitrogens with zero attached hydrogens (tertiary/aromatic N) is 2. The minimum absolute atomic E-state index is 0.903. The van der Waals surface area contributed by atoms with E-state index in [0.717, 1.165) is 35.1 Å². The Balaban J connectivity index is 1.76. The Morgan fingerprint density at radius 3 is 2.22 bits per heavy atom. The highest BCUT2D eigenvalue weighted by atomic mass is 15.3. The molecular weight excluding hydrogens is 284 g/mol. The number of H-pyrrole nitrogens is 1. The van der Waals surface area contributed by atoms with Crippen LogP contribution in [0.4, 0.5) is 5.69 Å². The second-order valence-corrected chi connectivity index (χ2v) is 6.55. The second kappa shape index (κ2) is 9.53. The third kappa shape index (κ3) is 4.95. The van der Waals surface area contributed by atoms with Crippen LogP contribution >= 0.6 is 0 Å². The number of hydrogen-bond acceptors (Lipinski definition) is 3. The number of nitrogen functional groups attached to an aromatic ring is 1. The topological polar surface area (TPSA) is 67.6 Å². The average molecular weight is 316 g/mol. The molecule has 1 aromatic heterocycles. The number of aromatic nitrogens is 3. The largest absolute Gasteiger partial charge is 0.398 e. The first kappa shape index (κ1) is 17.8. The van der Waals surface area contributed by atoms with Gasteiger partial charge in [-0.05, 0) is 30.9 Å². The zero-order valence-electron chi connectivity index (χ0n) is 14.8. The van der Waals surface area contributed by atoms with Crippen LogP contribution in [0.1, 0.15) is 82.8 Å². The van der Waals surface area contributed by atoms with Crippen molar-refractivity contribution in [1.82, 2.24) is 15.4 Å². The molecule has 0 bridgehead atoms. The van der Waals surface area contributed by atoms with Gasteiger partial charge in [-0.1, -0.05) is 65.2 Å². The van der Waals surface area contributed by atoms with Gasteiger partial charge in [0.2, 0.25) is 0 Å². The maximum Gasteiger partial charge on any atom is 0.118 e. The predicted octanol–water partition coefficient (Wildman–Crippen LogP) is 5.18. The van der Waals surface area contributed by atoms with Gasteiger partial charge in [0.05, 0.1) is 0 Å². The van der Waals surface area contributed by atoms with Gasteiger partial charge < -0.3 is 5.73 Å². The van der Waals surface area contributed by atoms with Crippen LogP contribution in [0.5, 0.6) is 0 Å². The highest BCUT2D eigenvalue weighted by Crippen LogP contribution is 2.27. The van der Waals surface area contributed by atoms with Gasteiger partial charge in [0.15, 0.2) is 0 Å². The number of aromatic amines is 1. The summed E-state index contributed by atoms with van der Waals surface area (Å²) in [5, 5.41) is 11.2. The van der Waals surface area contributed by atoms with E-state index in [4.69, 9.17) is 5.73 Å². The Morgan fingerprint density at radius 1 is 0.913 bits per heavy atom. The smallest absolute Gasteiger partial charge is 0.118 e. The molecule has 3 N–H and O–H groups in total. The lowest BCUT2D eigenvalue weighted by molar-refractivity contribution is 0.565. The maximum atomic E-state index is 6.35. The molecule has 0 spiro atoms. The molecule has 0 aliphatic rings. The van der Waals surface area contributed by atoms with Gasteiger partial charge in [-0.25, -0.2) is 0 Å². The van der Waals surface area contributed by atoms with Crippen molar-refractivity contribution in [2.24, 2.45) is 0 Å². The van der Waals surface area contributed by atoms with Crippen LogP contribution in [0.3, 0.4) is 0 Å².